The summed E-state index contributed by atoms with van der Waals surface area (Å²) in [7, 11) is 0. The molecule has 0 atom stereocenters. The predicted molar refractivity (Wildman–Crippen MR) is 132 cm³/mol. The lowest BCUT2D eigenvalue weighted by Crippen LogP contribution is -2.47. The van der Waals surface area contributed by atoms with Crippen molar-refractivity contribution in [3.05, 3.63) is 44.8 Å². The molecule has 2 fully saturated rings. The average molecular weight is 499 g/mol. The minimum absolute atomic E-state index is 0.00498. The van der Waals surface area contributed by atoms with Crippen LogP contribution in [0.3, 0.4) is 0 Å². The van der Waals surface area contributed by atoms with Gasteiger partial charge in [0.25, 0.3) is 5.91 Å². The topological polar surface area (TPSA) is 143 Å². The number of aromatic nitrogens is 2. The third kappa shape index (κ3) is 4.46. The number of piperazine rings is 1. The molecular weight excluding hydrogens is 472 g/mol. The highest BCUT2D eigenvalue weighted by atomic mass is 32.1. The molecule has 2 amide bonds. The van der Waals surface area contributed by atoms with E-state index in [1.807, 2.05) is 29.7 Å². The summed E-state index contributed by atoms with van der Waals surface area (Å²) in [6, 6.07) is 7.13. The molecule has 1 aliphatic heterocycles. The second kappa shape index (κ2) is 9.27. The zero-order chi connectivity index (χ0) is 24.7. The molecule has 3 aromatic rings. The smallest absolute Gasteiger partial charge is 0.304 e. The molecule has 184 valence electrons. The van der Waals surface area contributed by atoms with Crippen LogP contribution in [0.2, 0.25) is 0 Å². The standard InChI is InChI=1S/C23H26N6O5S/c1-13-3-2-4-16-20(13)28(14-5-7-15(30)8-6-14)23(25-16)26-21(32)18-11-17(29(33)34)22(35-18)27-10-9-24-19(31)12-27/h2-4,11,14-15,30H,5-10,12H2,1H3,(H,24,31)(H,25,26,32). The van der Waals surface area contributed by atoms with Gasteiger partial charge in [0.2, 0.25) is 11.9 Å². The molecule has 1 saturated carbocycles. The fourth-order valence-electron chi connectivity index (χ4n) is 4.90. The lowest BCUT2D eigenvalue weighted by atomic mass is 9.92. The molecule has 0 radical (unpaired) electrons. The van der Waals surface area contributed by atoms with Crippen LogP contribution < -0.4 is 15.5 Å². The van der Waals surface area contributed by atoms with E-state index in [1.165, 1.54) is 6.07 Å². The molecule has 11 nitrogen and oxygen atoms in total. The fourth-order valence-corrected chi connectivity index (χ4v) is 5.94. The highest BCUT2D eigenvalue weighted by Gasteiger charge is 2.31. The first-order valence-electron chi connectivity index (χ1n) is 11.6. The van der Waals surface area contributed by atoms with Gasteiger partial charge in [-0.2, -0.15) is 0 Å². The van der Waals surface area contributed by atoms with E-state index < -0.39 is 10.8 Å². The maximum atomic E-state index is 13.3. The number of nitrogens with zero attached hydrogens (tertiary/aromatic N) is 4. The molecule has 1 aliphatic carbocycles. The number of carbonyl (C=O) groups excluding carboxylic acids is 2. The summed E-state index contributed by atoms with van der Waals surface area (Å²) >= 11 is 0.998. The van der Waals surface area contributed by atoms with Gasteiger partial charge < -0.3 is 19.9 Å². The SMILES string of the molecule is Cc1cccc2nc(NC(=O)c3cc([N+](=O)[O-])c(N4CCNC(=O)C4)s3)n(C3CCC(O)CC3)c12. The summed E-state index contributed by atoms with van der Waals surface area (Å²) in [5.74, 6) is -0.321. The summed E-state index contributed by atoms with van der Waals surface area (Å²) in [5, 5.41) is 27.5. The minimum atomic E-state index is -0.527. The van der Waals surface area contributed by atoms with E-state index in [0.29, 0.717) is 36.9 Å². The minimum Gasteiger partial charge on any atom is -0.393 e. The van der Waals surface area contributed by atoms with Gasteiger partial charge in [0, 0.05) is 25.2 Å². The first-order valence-corrected chi connectivity index (χ1v) is 12.4. The number of anilines is 2. The van der Waals surface area contributed by atoms with Crippen molar-refractivity contribution in [1.29, 1.82) is 0 Å². The quantitative estimate of drug-likeness (QED) is 0.362. The monoisotopic (exact) mass is 498 g/mol. The van der Waals surface area contributed by atoms with Gasteiger partial charge in [-0.05, 0) is 44.2 Å². The van der Waals surface area contributed by atoms with Crippen molar-refractivity contribution in [2.24, 2.45) is 0 Å². The van der Waals surface area contributed by atoms with E-state index in [0.717, 1.165) is 40.8 Å². The molecule has 1 aromatic carbocycles. The highest BCUT2D eigenvalue weighted by Crippen LogP contribution is 2.39. The Labute approximate surface area is 204 Å². The van der Waals surface area contributed by atoms with Crippen molar-refractivity contribution >= 4 is 50.8 Å². The Morgan fingerprint density at radius 2 is 2.09 bits per heavy atom. The van der Waals surface area contributed by atoms with Crippen LogP contribution in [0.4, 0.5) is 16.6 Å². The maximum Gasteiger partial charge on any atom is 0.304 e. The number of amides is 2. The zero-order valence-corrected chi connectivity index (χ0v) is 20.0. The van der Waals surface area contributed by atoms with E-state index >= 15 is 0 Å². The number of aliphatic hydroxyl groups excluding tert-OH is 1. The van der Waals surface area contributed by atoms with Crippen LogP contribution in [0.1, 0.15) is 47.0 Å². The van der Waals surface area contributed by atoms with Gasteiger partial charge in [-0.15, -0.1) is 11.3 Å². The van der Waals surface area contributed by atoms with Crippen molar-refractivity contribution in [3.63, 3.8) is 0 Å². The number of carbonyl (C=O) groups is 2. The van der Waals surface area contributed by atoms with E-state index in [2.05, 4.69) is 15.6 Å². The molecule has 2 aliphatic rings. The van der Waals surface area contributed by atoms with Crippen LogP contribution >= 0.6 is 11.3 Å². The Kier molecular flexibility index (Phi) is 6.15. The van der Waals surface area contributed by atoms with Gasteiger partial charge in [0.05, 0.1) is 28.6 Å². The Bertz CT molecular complexity index is 1310. The Morgan fingerprint density at radius 3 is 2.80 bits per heavy atom. The maximum absolute atomic E-state index is 13.3. The van der Waals surface area contributed by atoms with Crippen LogP contribution in [-0.2, 0) is 4.79 Å². The number of hydrogen-bond acceptors (Lipinski definition) is 8. The molecule has 5 rings (SSSR count). The number of nitro groups is 1. The Balaban J connectivity index is 1.49. The first kappa shape index (κ1) is 23.2. The van der Waals surface area contributed by atoms with E-state index in [-0.39, 0.29) is 35.2 Å². The van der Waals surface area contributed by atoms with Gasteiger partial charge in [-0.25, -0.2) is 4.98 Å². The lowest BCUT2D eigenvalue weighted by Gasteiger charge is -2.28. The second-order valence-corrected chi connectivity index (χ2v) is 10.0. The van der Waals surface area contributed by atoms with Gasteiger partial charge in [0.1, 0.15) is 4.88 Å². The fraction of sp³-hybridized carbons (Fsp3) is 0.435. The number of imidazole rings is 1. The molecule has 2 aromatic heterocycles. The van der Waals surface area contributed by atoms with Crippen LogP contribution in [0, 0.1) is 17.0 Å². The Hall–Kier alpha value is -3.51. The summed E-state index contributed by atoms with van der Waals surface area (Å²) in [6.07, 6.45) is 2.55. The summed E-state index contributed by atoms with van der Waals surface area (Å²) in [5.41, 5.74) is 2.52. The summed E-state index contributed by atoms with van der Waals surface area (Å²) < 4.78 is 2.03. The number of fused-ring (bicyclic) bond motifs is 1. The van der Waals surface area contributed by atoms with Gasteiger partial charge in [0.15, 0.2) is 5.00 Å². The second-order valence-electron chi connectivity index (χ2n) is 8.99. The third-order valence-electron chi connectivity index (χ3n) is 6.61. The number of benzene rings is 1. The molecular formula is C23H26N6O5S. The number of para-hydroxylation sites is 1. The van der Waals surface area contributed by atoms with Gasteiger partial charge >= 0.3 is 5.69 Å². The number of hydrogen-bond donors (Lipinski definition) is 3. The predicted octanol–water partition coefficient (Wildman–Crippen LogP) is 2.98. The summed E-state index contributed by atoms with van der Waals surface area (Å²) in [6.45, 7) is 2.81. The van der Waals surface area contributed by atoms with Crippen LogP contribution in [0.25, 0.3) is 11.0 Å². The van der Waals surface area contributed by atoms with Crippen LogP contribution in [0.15, 0.2) is 24.3 Å². The average Bonchev–Trinajstić information content (AvgIpc) is 3.43. The Morgan fingerprint density at radius 1 is 1.31 bits per heavy atom. The lowest BCUT2D eigenvalue weighted by molar-refractivity contribution is -0.383. The molecule has 0 bridgehead atoms. The first-order chi connectivity index (χ1) is 16.8. The van der Waals surface area contributed by atoms with E-state index in [9.17, 15) is 24.8 Å². The molecule has 12 heteroatoms. The normalized spacial score (nSPS) is 20.6. The van der Waals surface area contributed by atoms with Crippen LogP contribution in [-0.4, -0.2) is 57.1 Å². The number of nitrogens with one attached hydrogen (secondary N) is 2. The number of aliphatic hydroxyl groups is 1. The molecule has 35 heavy (non-hydrogen) atoms. The molecule has 3 heterocycles. The molecule has 0 unspecified atom stereocenters. The van der Waals surface area contributed by atoms with Crippen molar-refractivity contribution < 1.29 is 19.6 Å². The van der Waals surface area contributed by atoms with Crippen molar-refractivity contribution in [2.45, 2.75) is 44.8 Å². The molecule has 0 spiro atoms. The molecule has 3 N–H and O–H groups in total. The highest BCUT2D eigenvalue weighted by molar-refractivity contribution is 7.18. The van der Waals surface area contributed by atoms with Crippen LogP contribution in [0.5, 0.6) is 0 Å². The van der Waals surface area contributed by atoms with E-state index in [4.69, 9.17) is 0 Å². The number of aryl methyl sites for hydroxylation is 1. The van der Waals surface area contributed by atoms with Gasteiger partial charge in [-0.3, -0.25) is 25.0 Å². The zero-order valence-electron chi connectivity index (χ0n) is 19.2. The van der Waals surface area contributed by atoms with Crippen molar-refractivity contribution in [2.75, 3.05) is 29.9 Å². The third-order valence-corrected chi connectivity index (χ3v) is 7.79. The number of thiophene rings is 1. The van der Waals surface area contributed by atoms with E-state index in [1.54, 1.807) is 4.90 Å². The van der Waals surface area contributed by atoms with Crippen molar-refractivity contribution in [3.8, 4) is 0 Å². The number of rotatable bonds is 5. The van der Waals surface area contributed by atoms with Crippen molar-refractivity contribution in [1.82, 2.24) is 14.9 Å². The summed E-state index contributed by atoms with van der Waals surface area (Å²) in [4.78, 5) is 42.7. The largest absolute Gasteiger partial charge is 0.393 e. The van der Waals surface area contributed by atoms with Gasteiger partial charge in [-0.1, -0.05) is 12.1 Å². The molecule has 1 saturated heterocycles.